The number of halogens is 1. The number of hydrogen-bond acceptors (Lipinski definition) is 5. The molecule has 5 nitrogen and oxygen atoms in total. The molecule has 0 unspecified atom stereocenters. The average molecular weight is 531 g/mol. The summed E-state index contributed by atoms with van der Waals surface area (Å²) in [5.74, 6) is -1.70. The zero-order chi connectivity index (χ0) is 26.5. The summed E-state index contributed by atoms with van der Waals surface area (Å²) in [7, 11) is 0. The van der Waals surface area contributed by atoms with Gasteiger partial charge in [-0.3, -0.25) is 14.5 Å². The molecule has 1 saturated heterocycles. The molecule has 0 radical (unpaired) electrons. The van der Waals surface area contributed by atoms with E-state index in [1.807, 2.05) is 36.4 Å². The SMILES string of the molecule is CCc1ccc2nc(N3C(=O)C(=O)/C(=C(/O)c4ccc(Cl)cc4)[C@H]3c3ccc(C(C)(C)C)cc3)sc2c1. The highest BCUT2D eigenvalue weighted by Gasteiger charge is 2.48. The molecule has 188 valence electrons. The second kappa shape index (κ2) is 9.43. The van der Waals surface area contributed by atoms with Crippen LogP contribution in [0, 0.1) is 0 Å². The third-order valence-corrected chi connectivity index (χ3v) is 7.98. The van der Waals surface area contributed by atoms with Crippen LogP contribution >= 0.6 is 22.9 Å². The van der Waals surface area contributed by atoms with Crippen LogP contribution in [0.4, 0.5) is 5.13 Å². The number of fused-ring (bicyclic) bond motifs is 1. The minimum Gasteiger partial charge on any atom is -0.507 e. The first-order valence-corrected chi connectivity index (χ1v) is 13.3. The van der Waals surface area contributed by atoms with Crippen molar-refractivity contribution in [2.24, 2.45) is 0 Å². The van der Waals surface area contributed by atoms with E-state index >= 15 is 0 Å². The van der Waals surface area contributed by atoms with Gasteiger partial charge in [-0.2, -0.15) is 0 Å². The maximum Gasteiger partial charge on any atom is 0.301 e. The summed E-state index contributed by atoms with van der Waals surface area (Å²) in [5, 5.41) is 12.2. The Hall–Kier alpha value is -3.48. The predicted molar refractivity (Wildman–Crippen MR) is 150 cm³/mol. The van der Waals surface area contributed by atoms with Gasteiger partial charge in [-0.05, 0) is 64.9 Å². The Bertz CT molecular complexity index is 1550. The van der Waals surface area contributed by atoms with E-state index in [1.165, 1.54) is 21.8 Å². The molecule has 0 saturated carbocycles. The number of thiazole rings is 1. The van der Waals surface area contributed by atoms with Gasteiger partial charge in [0.05, 0.1) is 21.8 Å². The number of hydrogen-bond donors (Lipinski definition) is 1. The van der Waals surface area contributed by atoms with E-state index in [0.29, 0.717) is 15.7 Å². The summed E-state index contributed by atoms with van der Waals surface area (Å²) in [4.78, 5) is 33.1. The minimum absolute atomic E-state index is 0.0318. The maximum atomic E-state index is 13.5. The van der Waals surface area contributed by atoms with Gasteiger partial charge in [0, 0.05) is 10.6 Å². The summed E-state index contributed by atoms with van der Waals surface area (Å²) < 4.78 is 0.941. The molecule has 0 aliphatic carbocycles. The van der Waals surface area contributed by atoms with Gasteiger partial charge in [-0.1, -0.05) is 81.0 Å². The van der Waals surface area contributed by atoms with Crippen molar-refractivity contribution in [1.82, 2.24) is 4.98 Å². The van der Waals surface area contributed by atoms with Crippen molar-refractivity contribution in [2.75, 3.05) is 4.90 Å². The number of aliphatic hydroxyl groups excluding tert-OH is 1. The quantitative estimate of drug-likeness (QED) is 0.169. The number of aromatic nitrogens is 1. The lowest BCUT2D eigenvalue weighted by Gasteiger charge is -2.24. The highest BCUT2D eigenvalue weighted by atomic mass is 35.5. The zero-order valence-corrected chi connectivity index (χ0v) is 22.7. The van der Waals surface area contributed by atoms with Crippen LogP contribution in [0.1, 0.15) is 56.0 Å². The molecule has 5 rings (SSSR count). The molecule has 1 aromatic heterocycles. The van der Waals surface area contributed by atoms with Gasteiger partial charge in [0.15, 0.2) is 5.13 Å². The second-order valence-electron chi connectivity index (χ2n) is 10.2. The standard InChI is InChI=1S/C30H27ClN2O3S/c1-5-17-6-15-22-23(16-17)37-29(32-22)33-25(18-7-11-20(12-8-18)30(2,3)4)24(27(35)28(33)36)26(34)19-9-13-21(31)14-10-19/h6-16,25,34H,5H2,1-4H3/b26-24+/t25-/m1/s1. The summed E-state index contributed by atoms with van der Waals surface area (Å²) in [6.07, 6.45) is 0.884. The smallest absolute Gasteiger partial charge is 0.301 e. The molecule has 1 aliphatic rings. The second-order valence-corrected chi connectivity index (χ2v) is 11.6. The number of amides is 1. The molecule has 4 aromatic rings. The van der Waals surface area contributed by atoms with Gasteiger partial charge in [0.25, 0.3) is 5.78 Å². The number of rotatable bonds is 4. The third-order valence-electron chi connectivity index (χ3n) is 6.71. The van der Waals surface area contributed by atoms with Crippen molar-refractivity contribution in [3.8, 4) is 0 Å². The van der Waals surface area contributed by atoms with Crippen LogP contribution in [0.25, 0.3) is 16.0 Å². The highest BCUT2D eigenvalue weighted by molar-refractivity contribution is 7.22. The van der Waals surface area contributed by atoms with E-state index in [9.17, 15) is 14.7 Å². The van der Waals surface area contributed by atoms with Crippen molar-refractivity contribution < 1.29 is 14.7 Å². The maximum absolute atomic E-state index is 13.5. The Balaban J connectivity index is 1.70. The Morgan fingerprint density at radius 1 is 1.03 bits per heavy atom. The normalized spacial score (nSPS) is 17.6. The summed E-state index contributed by atoms with van der Waals surface area (Å²) >= 11 is 7.40. The predicted octanol–water partition coefficient (Wildman–Crippen LogP) is 7.44. The van der Waals surface area contributed by atoms with Gasteiger partial charge < -0.3 is 5.11 Å². The number of anilines is 1. The molecule has 1 fully saturated rings. The number of nitrogens with zero attached hydrogens (tertiary/aromatic N) is 2. The van der Waals surface area contributed by atoms with E-state index in [1.54, 1.807) is 24.3 Å². The van der Waals surface area contributed by atoms with Gasteiger partial charge in [0.1, 0.15) is 5.76 Å². The van der Waals surface area contributed by atoms with Crippen molar-refractivity contribution >= 4 is 55.7 Å². The van der Waals surface area contributed by atoms with Crippen LogP contribution in [0.3, 0.4) is 0 Å². The minimum atomic E-state index is -0.823. The average Bonchev–Trinajstić information content (AvgIpc) is 3.41. The van der Waals surface area contributed by atoms with Crippen LogP contribution in [-0.2, 0) is 21.4 Å². The van der Waals surface area contributed by atoms with Crippen LogP contribution in [0.2, 0.25) is 5.02 Å². The van der Waals surface area contributed by atoms with Gasteiger partial charge >= 0.3 is 5.91 Å². The highest BCUT2D eigenvalue weighted by Crippen LogP contribution is 2.44. The fourth-order valence-corrected chi connectivity index (χ4v) is 5.74. The van der Waals surface area contributed by atoms with E-state index < -0.39 is 17.7 Å². The van der Waals surface area contributed by atoms with Crippen molar-refractivity contribution in [1.29, 1.82) is 0 Å². The van der Waals surface area contributed by atoms with E-state index in [2.05, 4.69) is 33.8 Å². The molecule has 37 heavy (non-hydrogen) atoms. The van der Waals surface area contributed by atoms with Gasteiger partial charge in [-0.25, -0.2) is 4.98 Å². The first kappa shape index (κ1) is 25.2. The lowest BCUT2D eigenvalue weighted by Crippen LogP contribution is -2.29. The molecule has 1 amide bonds. The fraction of sp³-hybridized carbons (Fsp3) is 0.233. The summed E-state index contributed by atoms with van der Waals surface area (Å²) in [6, 6.07) is 19.6. The summed E-state index contributed by atoms with van der Waals surface area (Å²) in [5.41, 5.74) is 4.16. The first-order valence-electron chi connectivity index (χ1n) is 12.2. The largest absolute Gasteiger partial charge is 0.507 e. The Labute approximate surface area is 225 Å². The van der Waals surface area contributed by atoms with Gasteiger partial charge in [0.2, 0.25) is 0 Å². The van der Waals surface area contributed by atoms with Crippen molar-refractivity contribution in [3.05, 3.63) is 99.6 Å². The molecule has 0 spiro atoms. The van der Waals surface area contributed by atoms with Crippen LogP contribution in [0.5, 0.6) is 0 Å². The van der Waals surface area contributed by atoms with E-state index in [-0.39, 0.29) is 16.7 Å². The van der Waals surface area contributed by atoms with Crippen LogP contribution in [0.15, 0.2) is 72.3 Å². The van der Waals surface area contributed by atoms with E-state index in [4.69, 9.17) is 16.6 Å². The van der Waals surface area contributed by atoms with Crippen molar-refractivity contribution in [2.45, 2.75) is 45.6 Å². The molecular formula is C30H27ClN2O3S. The number of ketones is 1. The molecule has 1 aliphatic heterocycles. The number of carbonyl (C=O) groups excluding carboxylic acids is 2. The van der Waals surface area contributed by atoms with E-state index in [0.717, 1.165) is 27.8 Å². The van der Waals surface area contributed by atoms with Crippen LogP contribution < -0.4 is 4.90 Å². The number of carbonyl (C=O) groups is 2. The molecule has 1 N–H and O–H groups in total. The summed E-state index contributed by atoms with van der Waals surface area (Å²) in [6.45, 7) is 8.46. The van der Waals surface area contributed by atoms with Crippen LogP contribution in [-0.4, -0.2) is 21.8 Å². The first-order chi connectivity index (χ1) is 17.6. The monoisotopic (exact) mass is 530 g/mol. The Morgan fingerprint density at radius 3 is 2.32 bits per heavy atom. The lowest BCUT2D eigenvalue weighted by atomic mass is 9.85. The topological polar surface area (TPSA) is 70.5 Å². The molecule has 2 heterocycles. The molecule has 1 atom stereocenters. The van der Waals surface area contributed by atoms with Crippen molar-refractivity contribution in [3.63, 3.8) is 0 Å². The molecule has 3 aromatic carbocycles. The zero-order valence-electron chi connectivity index (χ0n) is 21.1. The van der Waals surface area contributed by atoms with Gasteiger partial charge in [-0.15, -0.1) is 0 Å². The molecular weight excluding hydrogens is 504 g/mol. The fourth-order valence-electron chi connectivity index (χ4n) is 4.55. The lowest BCUT2D eigenvalue weighted by molar-refractivity contribution is -0.132. The number of Topliss-reactive ketones (excluding diaryl/α,β-unsaturated/α-hetero) is 1. The Morgan fingerprint density at radius 2 is 1.70 bits per heavy atom. The third kappa shape index (κ3) is 4.56. The molecule has 0 bridgehead atoms. The number of benzene rings is 3. The number of aryl methyl sites for hydroxylation is 1. The molecule has 7 heteroatoms. The Kier molecular flexibility index (Phi) is 6.42. The number of aliphatic hydroxyl groups is 1.